The molecular formula is C24H19ClN2O4. The highest BCUT2D eigenvalue weighted by atomic mass is 35.5. The average molecular weight is 435 g/mol. The molecule has 0 aliphatic rings. The van der Waals surface area contributed by atoms with Crippen LogP contribution in [-0.4, -0.2) is 30.3 Å². The van der Waals surface area contributed by atoms with Crippen LogP contribution in [0.1, 0.15) is 10.5 Å². The number of pyridine rings is 1. The van der Waals surface area contributed by atoms with Gasteiger partial charge in [0, 0.05) is 17.3 Å². The minimum absolute atomic E-state index is 0.240. The molecule has 0 saturated carbocycles. The van der Waals surface area contributed by atoms with Crippen LogP contribution in [0.4, 0.5) is 5.69 Å². The molecule has 0 aliphatic heterocycles. The van der Waals surface area contributed by atoms with E-state index < -0.39 is 11.7 Å². The van der Waals surface area contributed by atoms with Gasteiger partial charge in [-0.2, -0.15) is 0 Å². The van der Waals surface area contributed by atoms with E-state index >= 15 is 0 Å². The SMILES string of the molecule is COc1ccc(-c2cc3ccccn3c2C(=O)C(=O)Nc2ccccc2OC)cc1Cl. The zero-order chi connectivity index (χ0) is 22.0. The lowest BCUT2D eigenvalue weighted by Crippen LogP contribution is -2.24. The van der Waals surface area contributed by atoms with Crippen LogP contribution in [0.3, 0.4) is 0 Å². The second-order valence-corrected chi connectivity index (χ2v) is 7.14. The van der Waals surface area contributed by atoms with Crippen molar-refractivity contribution in [1.82, 2.24) is 4.40 Å². The molecule has 2 heterocycles. The van der Waals surface area contributed by atoms with Crippen LogP contribution in [0.25, 0.3) is 16.6 Å². The molecule has 1 N–H and O–H groups in total. The number of carbonyl (C=O) groups is 2. The molecule has 4 rings (SSSR count). The number of rotatable bonds is 6. The first-order chi connectivity index (χ1) is 15.0. The zero-order valence-corrected chi connectivity index (χ0v) is 17.6. The van der Waals surface area contributed by atoms with Crippen molar-refractivity contribution >= 4 is 34.5 Å². The Morgan fingerprint density at radius 1 is 0.903 bits per heavy atom. The summed E-state index contributed by atoms with van der Waals surface area (Å²) in [5.74, 6) is -0.463. The second kappa shape index (κ2) is 8.53. The van der Waals surface area contributed by atoms with Crippen molar-refractivity contribution in [2.75, 3.05) is 19.5 Å². The summed E-state index contributed by atoms with van der Waals surface area (Å²) >= 11 is 6.30. The fourth-order valence-electron chi connectivity index (χ4n) is 3.44. The molecule has 4 aromatic rings. The Kier molecular flexibility index (Phi) is 5.64. The van der Waals surface area contributed by atoms with Crippen molar-refractivity contribution in [3.63, 3.8) is 0 Å². The van der Waals surface area contributed by atoms with E-state index in [-0.39, 0.29) is 5.69 Å². The lowest BCUT2D eigenvalue weighted by molar-refractivity contribution is -0.112. The van der Waals surface area contributed by atoms with E-state index in [4.69, 9.17) is 21.1 Å². The molecule has 2 aromatic heterocycles. The highest BCUT2D eigenvalue weighted by Gasteiger charge is 2.25. The van der Waals surface area contributed by atoms with Crippen molar-refractivity contribution in [3.05, 3.63) is 83.6 Å². The highest BCUT2D eigenvalue weighted by molar-refractivity contribution is 6.47. The number of amides is 1. The number of nitrogens with one attached hydrogen (secondary N) is 1. The maximum Gasteiger partial charge on any atom is 0.298 e. The number of hydrogen-bond acceptors (Lipinski definition) is 4. The van der Waals surface area contributed by atoms with Crippen molar-refractivity contribution < 1.29 is 19.1 Å². The number of nitrogens with zero attached hydrogens (tertiary/aromatic N) is 1. The highest BCUT2D eigenvalue weighted by Crippen LogP contribution is 2.34. The molecule has 0 unspecified atom stereocenters. The first kappa shape index (κ1) is 20.5. The van der Waals surface area contributed by atoms with Gasteiger partial charge in [0.05, 0.1) is 24.9 Å². The number of aromatic nitrogens is 1. The first-order valence-electron chi connectivity index (χ1n) is 9.46. The predicted octanol–water partition coefficient (Wildman–Crippen LogP) is 5.10. The topological polar surface area (TPSA) is 69.0 Å². The number of Topliss-reactive ketones (excluding diaryl/α,β-unsaturated/α-hetero) is 1. The molecular weight excluding hydrogens is 416 g/mol. The number of hydrogen-bond donors (Lipinski definition) is 1. The zero-order valence-electron chi connectivity index (χ0n) is 16.9. The van der Waals surface area contributed by atoms with Gasteiger partial charge < -0.3 is 19.2 Å². The maximum absolute atomic E-state index is 13.3. The van der Waals surface area contributed by atoms with Crippen molar-refractivity contribution in [2.24, 2.45) is 0 Å². The summed E-state index contributed by atoms with van der Waals surface area (Å²) in [6.45, 7) is 0. The Morgan fingerprint density at radius 2 is 1.65 bits per heavy atom. The smallest absolute Gasteiger partial charge is 0.298 e. The third-order valence-corrected chi connectivity index (χ3v) is 5.21. The third kappa shape index (κ3) is 3.85. The summed E-state index contributed by atoms with van der Waals surface area (Å²) in [7, 11) is 3.03. The Bertz CT molecular complexity index is 1300. The number of halogens is 1. The standard InChI is InChI=1S/C24H19ClN2O4/c1-30-20-11-10-15(13-18(20)25)17-14-16-7-5-6-12-27(16)22(17)23(28)24(29)26-19-8-3-4-9-21(19)31-2/h3-14H,1-2H3,(H,26,29). The molecule has 0 bridgehead atoms. The van der Waals surface area contributed by atoms with Crippen molar-refractivity contribution in [2.45, 2.75) is 0 Å². The van der Waals surface area contributed by atoms with Gasteiger partial charge in [-0.15, -0.1) is 0 Å². The molecule has 156 valence electrons. The third-order valence-electron chi connectivity index (χ3n) is 4.92. The summed E-state index contributed by atoms with van der Waals surface area (Å²) in [4.78, 5) is 26.2. The largest absolute Gasteiger partial charge is 0.495 e. The maximum atomic E-state index is 13.3. The van der Waals surface area contributed by atoms with Crippen LogP contribution in [0.5, 0.6) is 11.5 Å². The summed E-state index contributed by atoms with van der Waals surface area (Å²) in [5, 5.41) is 3.06. The molecule has 6 nitrogen and oxygen atoms in total. The van der Waals surface area contributed by atoms with E-state index in [1.165, 1.54) is 14.2 Å². The van der Waals surface area contributed by atoms with Gasteiger partial charge in [-0.05, 0) is 48.0 Å². The lowest BCUT2D eigenvalue weighted by atomic mass is 10.0. The second-order valence-electron chi connectivity index (χ2n) is 6.73. The number of fused-ring (bicyclic) bond motifs is 1. The van der Waals surface area contributed by atoms with Gasteiger partial charge >= 0.3 is 0 Å². The molecule has 0 aliphatic carbocycles. The Labute approximate surface area is 184 Å². The van der Waals surface area contributed by atoms with Crippen molar-refractivity contribution in [1.29, 1.82) is 0 Å². The Hall–Kier alpha value is -3.77. The minimum Gasteiger partial charge on any atom is -0.495 e. The molecule has 0 spiro atoms. The molecule has 0 fully saturated rings. The number of ketones is 1. The van der Waals surface area contributed by atoms with Crippen LogP contribution in [0.15, 0.2) is 72.9 Å². The van der Waals surface area contributed by atoms with Gasteiger partial charge in [0.2, 0.25) is 0 Å². The number of carbonyl (C=O) groups excluding carboxylic acids is 2. The summed E-state index contributed by atoms with van der Waals surface area (Å²) in [5.41, 5.74) is 2.72. The van der Waals surface area contributed by atoms with Gasteiger partial charge in [0.15, 0.2) is 0 Å². The molecule has 0 saturated heterocycles. The van der Waals surface area contributed by atoms with Gasteiger partial charge in [0.1, 0.15) is 17.2 Å². The van der Waals surface area contributed by atoms with Gasteiger partial charge in [-0.1, -0.05) is 35.9 Å². The van der Waals surface area contributed by atoms with E-state index in [9.17, 15) is 9.59 Å². The van der Waals surface area contributed by atoms with Crippen LogP contribution >= 0.6 is 11.6 Å². The quantitative estimate of drug-likeness (QED) is 0.338. The van der Waals surface area contributed by atoms with E-state index in [1.54, 1.807) is 59.1 Å². The van der Waals surface area contributed by atoms with E-state index in [2.05, 4.69) is 5.32 Å². The number of para-hydroxylation sites is 2. The number of benzene rings is 2. The summed E-state index contributed by atoms with van der Waals surface area (Å²) < 4.78 is 12.2. The molecule has 2 aromatic carbocycles. The van der Waals surface area contributed by atoms with E-state index in [1.807, 2.05) is 18.2 Å². The van der Waals surface area contributed by atoms with E-state index in [0.717, 1.165) is 5.52 Å². The van der Waals surface area contributed by atoms with Crippen LogP contribution in [-0.2, 0) is 4.79 Å². The van der Waals surface area contributed by atoms with Crippen molar-refractivity contribution in [3.8, 4) is 22.6 Å². The first-order valence-corrected chi connectivity index (χ1v) is 9.84. The molecule has 0 atom stereocenters. The fourth-order valence-corrected chi connectivity index (χ4v) is 3.70. The summed E-state index contributed by atoms with van der Waals surface area (Å²) in [6, 6.07) is 19.5. The molecule has 0 radical (unpaired) electrons. The summed E-state index contributed by atoms with van der Waals surface area (Å²) in [6.07, 6.45) is 1.74. The Balaban J connectivity index is 1.79. The van der Waals surface area contributed by atoms with Gasteiger partial charge in [-0.25, -0.2) is 0 Å². The van der Waals surface area contributed by atoms with E-state index in [0.29, 0.717) is 33.3 Å². The van der Waals surface area contributed by atoms with Crippen LogP contribution < -0.4 is 14.8 Å². The number of anilines is 1. The molecule has 31 heavy (non-hydrogen) atoms. The van der Waals surface area contributed by atoms with Gasteiger partial charge in [0.25, 0.3) is 11.7 Å². The number of methoxy groups -OCH3 is 2. The fraction of sp³-hybridized carbons (Fsp3) is 0.0833. The predicted molar refractivity (Wildman–Crippen MR) is 120 cm³/mol. The molecule has 7 heteroatoms. The number of ether oxygens (including phenoxy) is 2. The Morgan fingerprint density at radius 3 is 2.39 bits per heavy atom. The minimum atomic E-state index is -0.769. The average Bonchev–Trinajstić information content (AvgIpc) is 3.18. The van der Waals surface area contributed by atoms with Crippen LogP contribution in [0.2, 0.25) is 5.02 Å². The normalized spacial score (nSPS) is 10.7. The van der Waals surface area contributed by atoms with Gasteiger partial charge in [-0.3, -0.25) is 9.59 Å². The van der Waals surface area contributed by atoms with Crippen LogP contribution in [0, 0.1) is 0 Å². The molecule has 1 amide bonds. The lowest BCUT2D eigenvalue weighted by Gasteiger charge is -2.11. The monoisotopic (exact) mass is 434 g/mol.